The van der Waals surface area contributed by atoms with Crippen LogP contribution in [0.2, 0.25) is 5.02 Å². The highest BCUT2D eigenvalue weighted by atomic mass is 35.5. The van der Waals surface area contributed by atoms with Gasteiger partial charge in [-0.3, -0.25) is 13.9 Å². The first kappa shape index (κ1) is 34.5. The van der Waals surface area contributed by atoms with Crippen LogP contribution in [0.1, 0.15) is 31.4 Å². The maximum absolute atomic E-state index is 15.0. The fraction of sp³-hybridized carbons (Fsp3) is 0.257. The molecule has 0 bridgehead atoms. The number of carbonyl (C=O) groups is 2. The molecule has 0 saturated carbocycles. The average Bonchev–Trinajstić information content (AvgIpc) is 3.06. The second-order valence-electron chi connectivity index (χ2n) is 10.8. The lowest BCUT2D eigenvalue weighted by molar-refractivity contribution is -0.140. The molecule has 11 heteroatoms. The molecule has 0 aromatic heterocycles. The van der Waals surface area contributed by atoms with Crippen molar-refractivity contribution >= 4 is 39.1 Å². The van der Waals surface area contributed by atoms with Gasteiger partial charge in [-0.05, 0) is 73.5 Å². The molecule has 4 rings (SSSR count). The van der Waals surface area contributed by atoms with Crippen LogP contribution in [0.3, 0.4) is 0 Å². The summed E-state index contributed by atoms with van der Waals surface area (Å²) >= 11 is 6.11. The zero-order valence-electron chi connectivity index (χ0n) is 25.9. The van der Waals surface area contributed by atoms with E-state index in [0.29, 0.717) is 17.2 Å². The van der Waals surface area contributed by atoms with E-state index in [1.165, 1.54) is 78.7 Å². The van der Waals surface area contributed by atoms with E-state index in [1.54, 1.807) is 6.07 Å². The topological polar surface area (TPSA) is 96.0 Å². The molecule has 0 aliphatic heterocycles. The van der Waals surface area contributed by atoms with Crippen molar-refractivity contribution in [3.8, 4) is 5.75 Å². The summed E-state index contributed by atoms with van der Waals surface area (Å²) in [5.74, 6) is -1.23. The number of anilines is 1. The number of amides is 2. The summed E-state index contributed by atoms with van der Waals surface area (Å²) in [5.41, 5.74) is 1.14. The number of hydrogen-bond donors (Lipinski definition) is 1. The van der Waals surface area contributed by atoms with Crippen molar-refractivity contribution in [1.82, 2.24) is 10.2 Å². The molecular weight excluding hydrogens is 629 g/mol. The first-order chi connectivity index (χ1) is 22.0. The van der Waals surface area contributed by atoms with Gasteiger partial charge in [0.15, 0.2) is 0 Å². The van der Waals surface area contributed by atoms with Crippen LogP contribution in [0.4, 0.5) is 10.1 Å². The van der Waals surface area contributed by atoms with Crippen LogP contribution in [-0.2, 0) is 32.6 Å². The maximum atomic E-state index is 15.0. The normalized spacial score (nSPS) is 12.5. The Bertz CT molecular complexity index is 1720. The number of sulfonamides is 1. The summed E-state index contributed by atoms with van der Waals surface area (Å²) in [6, 6.07) is 25.7. The van der Waals surface area contributed by atoms with E-state index in [1.807, 2.05) is 44.2 Å². The zero-order chi connectivity index (χ0) is 33.3. The second-order valence-corrected chi connectivity index (χ2v) is 13.1. The molecule has 4 aromatic carbocycles. The fourth-order valence-corrected chi connectivity index (χ4v) is 6.36. The number of rotatable bonds is 14. The van der Waals surface area contributed by atoms with Gasteiger partial charge in [-0.2, -0.15) is 0 Å². The summed E-state index contributed by atoms with van der Waals surface area (Å²) < 4.78 is 49.4. The molecule has 0 radical (unpaired) electrons. The molecule has 242 valence electrons. The van der Waals surface area contributed by atoms with Gasteiger partial charge in [-0.1, -0.05) is 67.1 Å². The molecule has 0 unspecified atom stereocenters. The molecule has 1 N–H and O–H groups in total. The molecule has 4 aromatic rings. The van der Waals surface area contributed by atoms with E-state index in [9.17, 15) is 18.0 Å². The highest BCUT2D eigenvalue weighted by Crippen LogP contribution is 2.27. The smallest absolute Gasteiger partial charge is 0.264 e. The van der Waals surface area contributed by atoms with Gasteiger partial charge in [0, 0.05) is 29.6 Å². The summed E-state index contributed by atoms with van der Waals surface area (Å²) in [5, 5.41) is 3.34. The zero-order valence-corrected chi connectivity index (χ0v) is 27.5. The van der Waals surface area contributed by atoms with Crippen molar-refractivity contribution in [3.63, 3.8) is 0 Å². The first-order valence-corrected chi connectivity index (χ1v) is 16.6. The lowest BCUT2D eigenvalue weighted by atomic mass is 10.0. The standard InChI is InChI=1S/C35H37ClFN3O5S/c1-4-25(2)38-35(42)33(22-26-10-6-5-7-11-26)39(23-27-12-8-9-13-32(27)37)34(41)24-40(29-16-14-28(36)15-17-29)46(43,44)31-20-18-30(45-3)19-21-31/h5-21,25,33H,4,22-24H2,1-3H3,(H,38,42)/t25-,33+/m0/s1. The second kappa shape index (κ2) is 15.7. The number of hydrogen-bond acceptors (Lipinski definition) is 5. The third-order valence-electron chi connectivity index (χ3n) is 7.61. The minimum atomic E-state index is -4.32. The Morgan fingerprint density at radius 2 is 1.54 bits per heavy atom. The van der Waals surface area contributed by atoms with Gasteiger partial charge in [0.05, 0.1) is 17.7 Å². The molecule has 0 fully saturated rings. The number of nitrogens with zero attached hydrogens (tertiary/aromatic N) is 2. The Balaban J connectivity index is 1.81. The van der Waals surface area contributed by atoms with Crippen molar-refractivity contribution in [3.05, 3.63) is 125 Å². The van der Waals surface area contributed by atoms with E-state index in [-0.39, 0.29) is 35.2 Å². The molecule has 46 heavy (non-hydrogen) atoms. The molecule has 0 spiro atoms. The van der Waals surface area contributed by atoms with Crippen molar-refractivity contribution in [2.45, 2.75) is 50.2 Å². The summed E-state index contributed by atoms with van der Waals surface area (Å²) in [6.07, 6.45) is 0.769. The molecule has 0 aliphatic rings. The van der Waals surface area contributed by atoms with Crippen molar-refractivity contribution in [2.24, 2.45) is 0 Å². The van der Waals surface area contributed by atoms with Crippen LogP contribution in [0.5, 0.6) is 5.75 Å². The van der Waals surface area contributed by atoms with Gasteiger partial charge in [-0.15, -0.1) is 0 Å². The number of nitrogens with one attached hydrogen (secondary N) is 1. The number of halogens is 2. The third-order valence-corrected chi connectivity index (χ3v) is 9.65. The quantitative estimate of drug-likeness (QED) is 0.172. The van der Waals surface area contributed by atoms with Gasteiger partial charge >= 0.3 is 0 Å². The minimum absolute atomic E-state index is 0.0768. The van der Waals surface area contributed by atoms with Crippen molar-refractivity contribution in [2.75, 3.05) is 18.0 Å². The van der Waals surface area contributed by atoms with Gasteiger partial charge in [0.1, 0.15) is 24.2 Å². The number of carbonyl (C=O) groups excluding carboxylic acids is 2. The molecule has 0 saturated heterocycles. The average molecular weight is 666 g/mol. The molecular formula is C35H37ClFN3O5S. The Labute approximate surface area is 274 Å². The Morgan fingerprint density at radius 3 is 2.15 bits per heavy atom. The molecule has 0 heterocycles. The van der Waals surface area contributed by atoms with E-state index in [0.717, 1.165) is 9.87 Å². The van der Waals surface area contributed by atoms with Gasteiger partial charge < -0.3 is 15.0 Å². The van der Waals surface area contributed by atoms with E-state index >= 15 is 4.39 Å². The summed E-state index contributed by atoms with van der Waals surface area (Å²) in [7, 11) is -2.85. The number of methoxy groups -OCH3 is 1. The van der Waals surface area contributed by atoms with Crippen LogP contribution in [0.15, 0.2) is 108 Å². The van der Waals surface area contributed by atoms with E-state index in [2.05, 4.69) is 5.32 Å². The van der Waals surface area contributed by atoms with E-state index in [4.69, 9.17) is 16.3 Å². The Morgan fingerprint density at radius 1 is 0.913 bits per heavy atom. The monoisotopic (exact) mass is 665 g/mol. The van der Waals surface area contributed by atoms with Gasteiger partial charge in [0.2, 0.25) is 11.8 Å². The lowest BCUT2D eigenvalue weighted by Crippen LogP contribution is -2.54. The van der Waals surface area contributed by atoms with Gasteiger partial charge in [0.25, 0.3) is 10.0 Å². The highest BCUT2D eigenvalue weighted by Gasteiger charge is 2.35. The predicted molar refractivity (Wildman–Crippen MR) is 178 cm³/mol. The lowest BCUT2D eigenvalue weighted by Gasteiger charge is -2.34. The van der Waals surface area contributed by atoms with Crippen molar-refractivity contribution in [1.29, 1.82) is 0 Å². The number of benzene rings is 4. The van der Waals surface area contributed by atoms with Gasteiger partial charge in [-0.25, -0.2) is 12.8 Å². The van der Waals surface area contributed by atoms with Crippen LogP contribution in [0, 0.1) is 5.82 Å². The molecule has 0 aliphatic carbocycles. The van der Waals surface area contributed by atoms with Crippen LogP contribution in [0.25, 0.3) is 0 Å². The van der Waals surface area contributed by atoms with Crippen LogP contribution in [-0.4, -0.2) is 50.9 Å². The minimum Gasteiger partial charge on any atom is -0.497 e. The molecule has 2 atom stereocenters. The van der Waals surface area contributed by atoms with Crippen LogP contribution >= 0.6 is 11.6 Å². The SMILES string of the molecule is CC[C@H](C)NC(=O)[C@@H](Cc1ccccc1)N(Cc1ccccc1F)C(=O)CN(c1ccc(Cl)cc1)S(=O)(=O)c1ccc(OC)cc1. The largest absolute Gasteiger partial charge is 0.497 e. The summed E-state index contributed by atoms with van der Waals surface area (Å²) in [4.78, 5) is 29.5. The van der Waals surface area contributed by atoms with Crippen LogP contribution < -0.4 is 14.4 Å². The fourth-order valence-electron chi connectivity index (χ4n) is 4.82. The van der Waals surface area contributed by atoms with Crippen molar-refractivity contribution < 1.29 is 27.1 Å². The molecule has 2 amide bonds. The Hall–Kier alpha value is -4.41. The first-order valence-electron chi connectivity index (χ1n) is 14.8. The summed E-state index contributed by atoms with van der Waals surface area (Å²) in [6.45, 7) is 2.83. The predicted octanol–water partition coefficient (Wildman–Crippen LogP) is 6.24. The highest BCUT2D eigenvalue weighted by molar-refractivity contribution is 7.92. The third kappa shape index (κ3) is 8.64. The maximum Gasteiger partial charge on any atom is 0.264 e. The Kier molecular flexibility index (Phi) is 11.8. The molecule has 8 nitrogen and oxygen atoms in total. The van der Waals surface area contributed by atoms with E-state index < -0.39 is 40.2 Å². The number of ether oxygens (including phenoxy) is 1.